The number of hydrogen-bond acceptors (Lipinski definition) is 11. The Bertz CT molecular complexity index is 1140. The standard InChI is InChI=1S/C20H30FN6O7P/c1-6-30-16-13-15(24-19(22)25-16)27(9-23-13)18-20(5,21)14-11(33-18)8-32-35(29,34-14)26-12(10(3)4)17(28)31-7-2/h9-12,14,18H,6-8H2,1-5H3,(H,26,29)(H2,22,24,25)/t11-,12+,14-,18-,20-,35-/m1/s1. The molecule has 2 aliphatic rings. The van der Waals surface area contributed by atoms with Gasteiger partial charge in [0.05, 0.1) is 26.1 Å². The van der Waals surface area contributed by atoms with E-state index in [1.165, 1.54) is 17.8 Å². The van der Waals surface area contributed by atoms with Crippen LogP contribution in [-0.2, 0) is 27.9 Å². The zero-order chi connectivity index (χ0) is 25.5. The lowest BCUT2D eigenvalue weighted by molar-refractivity contribution is -0.146. The summed E-state index contributed by atoms with van der Waals surface area (Å²) in [5.41, 5.74) is 4.11. The maximum absolute atomic E-state index is 16.3. The normalized spacial score (nSPS) is 31.5. The maximum atomic E-state index is 16.3. The number of hydrogen-bond donors (Lipinski definition) is 2. The Kier molecular flexibility index (Phi) is 7.04. The number of nitrogens with one attached hydrogen (secondary N) is 1. The Balaban J connectivity index is 1.61. The highest BCUT2D eigenvalue weighted by Crippen LogP contribution is 2.57. The van der Waals surface area contributed by atoms with Crippen molar-refractivity contribution in [2.75, 3.05) is 25.6 Å². The number of esters is 1. The molecule has 0 amide bonds. The van der Waals surface area contributed by atoms with Gasteiger partial charge in [0.15, 0.2) is 23.1 Å². The summed E-state index contributed by atoms with van der Waals surface area (Å²) in [6.07, 6.45) is -2.08. The van der Waals surface area contributed by atoms with Crippen molar-refractivity contribution >= 4 is 30.8 Å². The van der Waals surface area contributed by atoms with Crippen LogP contribution in [0, 0.1) is 5.92 Å². The molecule has 6 atom stereocenters. The minimum Gasteiger partial charge on any atom is -0.476 e. The smallest absolute Gasteiger partial charge is 0.406 e. The number of rotatable bonds is 8. The lowest BCUT2D eigenvalue weighted by Crippen LogP contribution is -2.48. The molecule has 35 heavy (non-hydrogen) atoms. The molecule has 2 saturated heterocycles. The second-order valence-electron chi connectivity index (χ2n) is 8.74. The van der Waals surface area contributed by atoms with Gasteiger partial charge in [0.1, 0.15) is 18.2 Å². The van der Waals surface area contributed by atoms with Crippen LogP contribution in [0.3, 0.4) is 0 Å². The second-order valence-corrected chi connectivity index (χ2v) is 10.5. The second kappa shape index (κ2) is 9.58. The van der Waals surface area contributed by atoms with Gasteiger partial charge in [0.25, 0.3) is 0 Å². The van der Waals surface area contributed by atoms with Gasteiger partial charge < -0.3 is 19.9 Å². The predicted molar refractivity (Wildman–Crippen MR) is 121 cm³/mol. The highest BCUT2D eigenvalue weighted by atomic mass is 31.2. The lowest BCUT2D eigenvalue weighted by Gasteiger charge is -2.36. The van der Waals surface area contributed by atoms with E-state index in [9.17, 15) is 9.36 Å². The SMILES string of the molecule is CCOC(=O)[C@@H](N[P@@]1(=O)OC[C@H]2O[C@@H](n3cnc4c(OCC)nc(N)nc43)[C@](C)(F)[C@@H]2O1)C(C)C. The topological polar surface area (TPSA) is 162 Å². The molecule has 0 aliphatic carbocycles. The van der Waals surface area contributed by atoms with E-state index in [-0.39, 0.29) is 42.1 Å². The molecule has 13 nitrogen and oxygen atoms in total. The molecule has 0 spiro atoms. The fourth-order valence-electron chi connectivity index (χ4n) is 4.12. The minimum absolute atomic E-state index is 0.0781. The molecule has 2 aliphatic heterocycles. The van der Waals surface area contributed by atoms with Gasteiger partial charge in [0.2, 0.25) is 11.8 Å². The third kappa shape index (κ3) is 4.73. The van der Waals surface area contributed by atoms with Crippen molar-refractivity contribution in [3.05, 3.63) is 6.33 Å². The van der Waals surface area contributed by atoms with Crippen LogP contribution in [-0.4, -0.2) is 69.2 Å². The molecule has 0 radical (unpaired) electrons. The fourth-order valence-corrected chi connectivity index (χ4v) is 6.04. The third-order valence-electron chi connectivity index (χ3n) is 5.79. The fraction of sp³-hybridized carbons (Fsp3) is 0.700. The van der Waals surface area contributed by atoms with Gasteiger partial charge >= 0.3 is 13.7 Å². The van der Waals surface area contributed by atoms with Crippen molar-refractivity contribution in [2.24, 2.45) is 5.92 Å². The zero-order valence-electron chi connectivity index (χ0n) is 20.1. The third-order valence-corrected chi connectivity index (χ3v) is 7.37. The molecule has 0 aromatic carbocycles. The number of nitrogens with zero attached hydrogens (tertiary/aromatic N) is 4. The summed E-state index contributed by atoms with van der Waals surface area (Å²) in [5, 5.41) is 2.62. The average Bonchev–Trinajstić information content (AvgIpc) is 3.30. The highest BCUT2D eigenvalue weighted by Gasteiger charge is 2.61. The van der Waals surface area contributed by atoms with Crippen LogP contribution in [0.5, 0.6) is 5.88 Å². The Morgan fingerprint density at radius 3 is 2.80 bits per heavy atom. The van der Waals surface area contributed by atoms with Gasteiger partial charge in [-0.05, 0) is 26.7 Å². The number of alkyl halides is 1. The Hall–Kier alpha value is -2.38. The van der Waals surface area contributed by atoms with E-state index in [4.69, 9.17) is 29.0 Å². The number of halogens is 1. The molecule has 4 rings (SSSR count). The molecular formula is C20H30FN6O7P. The molecule has 0 unspecified atom stereocenters. The molecule has 2 fully saturated rings. The first kappa shape index (κ1) is 25.7. The summed E-state index contributed by atoms with van der Waals surface area (Å²) >= 11 is 0. The number of ether oxygens (including phenoxy) is 3. The minimum atomic E-state index is -4.09. The average molecular weight is 516 g/mol. The predicted octanol–water partition coefficient (Wildman–Crippen LogP) is 2.13. The van der Waals surface area contributed by atoms with Crippen LogP contribution in [0.2, 0.25) is 0 Å². The van der Waals surface area contributed by atoms with Crippen molar-refractivity contribution < 1.29 is 37.0 Å². The van der Waals surface area contributed by atoms with Gasteiger partial charge in [-0.15, -0.1) is 0 Å². The number of fused-ring (bicyclic) bond motifs is 2. The number of carbonyl (C=O) groups is 1. The van der Waals surface area contributed by atoms with E-state index in [2.05, 4.69) is 20.0 Å². The van der Waals surface area contributed by atoms with E-state index < -0.39 is 43.9 Å². The quantitative estimate of drug-likeness (QED) is 0.389. The van der Waals surface area contributed by atoms with Crippen LogP contribution >= 0.6 is 7.75 Å². The van der Waals surface area contributed by atoms with Crippen molar-refractivity contribution in [3.8, 4) is 5.88 Å². The highest BCUT2D eigenvalue weighted by molar-refractivity contribution is 7.51. The van der Waals surface area contributed by atoms with Gasteiger partial charge in [-0.1, -0.05) is 13.8 Å². The van der Waals surface area contributed by atoms with Crippen molar-refractivity contribution in [1.82, 2.24) is 24.6 Å². The first-order chi connectivity index (χ1) is 16.5. The number of anilines is 1. The zero-order valence-corrected chi connectivity index (χ0v) is 21.0. The maximum Gasteiger partial charge on any atom is 0.406 e. The van der Waals surface area contributed by atoms with Crippen LogP contribution in [0.25, 0.3) is 11.2 Å². The van der Waals surface area contributed by atoms with Crippen LogP contribution in [0.4, 0.5) is 10.3 Å². The molecule has 3 N–H and O–H groups in total. The molecular weight excluding hydrogens is 486 g/mol. The van der Waals surface area contributed by atoms with E-state index >= 15 is 4.39 Å². The lowest BCUT2D eigenvalue weighted by atomic mass is 9.98. The number of imidazole rings is 1. The van der Waals surface area contributed by atoms with Crippen LogP contribution in [0.15, 0.2) is 6.33 Å². The molecule has 4 heterocycles. The number of nitrogens with two attached hydrogens (primary N) is 1. The monoisotopic (exact) mass is 516 g/mol. The molecule has 0 saturated carbocycles. The summed E-state index contributed by atoms with van der Waals surface area (Å²) in [6.45, 7) is 8.44. The Morgan fingerprint density at radius 1 is 1.40 bits per heavy atom. The van der Waals surface area contributed by atoms with E-state index in [0.29, 0.717) is 6.61 Å². The van der Waals surface area contributed by atoms with Gasteiger partial charge in [-0.3, -0.25) is 18.4 Å². The summed E-state index contributed by atoms with van der Waals surface area (Å²) in [4.78, 5) is 24.8. The summed E-state index contributed by atoms with van der Waals surface area (Å²) in [7, 11) is -4.09. The van der Waals surface area contributed by atoms with Gasteiger partial charge in [-0.25, -0.2) is 19.0 Å². The van der Waals surface area contributed by atoms with Gasteiger partial charge in [0, 0.05) is 0 Å². The summed E-state index contributed by atoms with van der Waals surface area (Å²) < 4.78 is 58.6. The number of aromatic nitrogens is 4. The van der Waals surface area contributed by atoms with Crippen molar-refractivity contribution in [2.45, 2.75) is 64.8 Å². The number of carbonyl (C=O) groups excluding carboxylic acids is 1. The largest absolute Gasteiger partial charge is 0.476 e. The molecule has 2 aromatic rings. The first-order valence-electron chi connectivity index (χ1n) is 11.3. The first-order valence-corrected chi connectivity index (χ1v) is 12.9. The van der Waals surface area contributed by atoms with E-state index in [1.807, 2.05) is 0 Å². The molecule has 15 heteroatoms. The van der Waals surface area contributed by atoms with Crippen molar-refractivity contribution in [1.29, 1.82) is 0 Å². The number of nitrogen functional groups attached to an aromatic ring is 1. The summed E-state index contributed by atoms with van der Waals surface area (Å²) in [6, 6.07) is -0.976. The van der Waals surface area contributed by atoms with Crippen LogP contribution in [0.1, 0.15) is 40.8 Å². The molecule has 2 aromatic heterocycles. The van der Waals surface area contributed by atoms with E-state index in [0.717, 1.165) is 0 Å². The van der Waals surface area contributed by atoms with Crippen molar-refractivity contribution in [3.63, 3.8) is 0 Å². The van der Waals surface area contributed by atoms with Crippen LogP contribution < -0.4 is 15.6 Å². The molecule has 194 valence electrons. The van der Waals surface area contributed by atoms with Gasteiger partial charge in [-0.2, -0.15) is 9.97 Å². The van der Waals surface area contributed by atoms with E-state index in [1.54, 1.807) is 27.7 Å². The summed E-state index contributed by atoms with van der Waals surface area (Å²) in [5.74, 6) is -0.818. The Labute approximate surface area is 201 Å². The molecule has 0 bridgehead atoms. The Morgan fingerprint density at radius 2 is 2.14 bits per heavy atom.